The number of sulfonamides is 1. The van der Waals surface area contributed by atoms with Crippen molar-refractivity contribution in [2.75, 3.05) is 38.0 Å². The summed E-state index contributed by atoms with van der Waals surface area (Å²) in [7, 11) is -0.152. The van der Waals surface area contributed by atoms with Gasteiger partial charge in [-0.05, 0) is 50.9 Å². The molecule has 0 spiro atoms. The third-order valence-corrected chi connectivity index (χ3v) is 7.90. The number of nitrogens with zero attached hydrogens (tertiary/aromatic N) is 4. The van der Waals surface area contributed by atoms with E-state index in [0.717, 1.165) is 12.5 Å². The highest BCUT2D eigenvalue weighted by atomic mass is 32.2. The third kappa shape index (κ3) is 5.96. The van der Waals surface area contributed by atoms with E-state index < -0.39 is 16.1 Å². The van der Waals surface area contributed by atoms with Gasteiger partial charge in [0.15, 0.2) is 5.03 Å². The number of fused-ring (bicyclic) bond motifs is 1. The van der Waals surface area contributed by atoms with Gasteiger partial charge in [0.25, 0.3) is 15.9 Å². The van der Waals surface area contributed by atoms with Crippen molar-refractivity contribution in [1.82, 2.24) is 19.4 Å². The van der Waals surface area contributed by atoms with Gasteiger partial charge in [-0.2, -0.15) is 8.42 Å². The summed E-state index contributed by atoms with van der Waals surface area (Å²) in [6.45, 7) is 5.83. The number of amides is 1. The number of hydrogen-bond acceptors (Lipinski definition) is 7. The van der Waals surface area contributed by atoms with Gasteiger partial charge >= 0.3 is 0 Å². The fraction of sp³-hybridized carbons (Fsp3) is 0.583. The quantitative estimate of drug-likeness (QED) is 0.534. The molecule has 1 fully saturated rings. The average Bonchev–Trinajstić information content (AvgIpc) is 3.50. The van der Waals surface area contributed by atoms with Crippen LogP contribution in [0.4, 0.5) is 5.69 Å². The van der Waals surface area contributed by atoms with Crippen molar-refractivity contribution < 1.29 is 23.1 Å². The number of carbonyl (C=O) groups is 1. The standard InChI is InChI=1S/C24H35N5O5S/c1-16-10-29(17(2)14-30)24(31)20-9-19(26-35(32,33)23-13-28(4)15-25-23)7-8-21(20)34-22(16)12-27(3)11-18-5-6-18/h7-9,13,15-18,22,26,30H,5-6,10-12,14H2,1-4H3/t16-,17+,22-/m0/s1. The van der Waals surface area contributed by atoms with E-state index >= 15 is 0 Å². The minimum atomic E-state index is -3.92. The molecule has 2 aliphatic rings. The number of nitrogens with one attached hydrogen (secondary N) is 1. The molecular weight excluding hydrogens is 470 g/mol. The number of anilines is 1. The Morgan fingerprint density at radius 2 is 2.06 bits per heavy atom. The van der Waals surface area contributed by atoms with Crippen molar-refractivity contribution in [2.45, 2.75) is 43.9 Å². The van der Waals surface area contributed by atoms with Crippen molar-refractivity contribution in [2.24, 2.45) is 18.9 Å². The van der Waals surface area contributed by atoms with Gasteiger partial charge in [0.1, 0.15) is 11.9 Å². The molecule has 0 saturated heterocycles. The third-order valence-electron chi connectivity index (χ3n) is 6.63. The molecule has 2 aromatic rings. The number of ether oxygens (including phenoxy) is 1. The summed E-state index contributed by atoms with van der Waals surface area (Å²) < 4.78 is 36.0. The first kappa shape index (κ1) is 25.5. The molecule has 2 N–H and O–H groups in total. The fourth-order valence-electron chi connectivity index (χ4n) is 4.36. The summed E-state index contributed by atoms with van der Waals surface area (Å²) in [6.07, 6.45) is 5.17. The van der Waals surface area contributed by atoms with Crippen LogP contribution >= 0.6 is 0 Å². The number of rotatable bonds is 9. The van der Waals surface area contributed by atoms with Gasteiger partial charge in [0, 0.05) is 44.5 Å². The van der Waals surface area contributed by atoms with Crippen LogP contribution in [0.5, 0.6) is 5.75 Å². The lowest BCUT2D eigenvalue weighted by atomic mass is 9.99. The highest BCUT2D eigenvalue weighted by Gasteiger charge is 2.34. The molecule has 0 unspecified atom stereocenters. The second-order valence-electron chi connectivity index (χ2n) is 9.98. The second-order valence-corrected chi connectivity index (χ2v) is 11.6. The van der Waals surface area contributed by atoms with E-state index in [9.17, 15) is 18.3 Å². The van der Waals surface area contributed by atoms with Crippen LogP contribution in [0.15, 0.2) is 35.7 Å². The van der Waals surface area contributed by atoms with Crippen molar-refractivity contribution in [1.29, 1.82) is 0 Å². The number of aliphatic hydroxyl groups is 1. The van der Waals surface area contributed by atoms with E-state index in [-0.39, 0.29) is 40.8 Å². The first-order valence-corrected chi connectivity index (χ1v) is 13.5. The number of aromatic nitrogens is 2. The lowest BCUT2D eigenvalue weighted by Crippen LogP contribution is -2.50. The van der Waals surface area contributed by atoms with Crippen LogP contribution in [0.3, 0.4) is 0 Å². The lowest BCUT2D eigenvalue weighted by molar-refractivity contribution is 0.0344. The molecule has 1 aromatic heterocycles. The van der Waals surface area contributed by atoms with E-state index in [4.69, 9.17) is 4.74 Å². The van der Waals surface area contributed by atoms with E-state index in [0.29, 0.717) is 18.8 Å². The summed E-state index contributed by atoms with van der Waals surface area (Å²) in [5, 5.41) is 9.71. The van der Waals surface area contributed by atoms with Crippen molar-refractivity contribution in [3.8, 4) is 5.75 Å². The van der Waals surface area contributed by atoms with E-state index in [1.807, 2.05) is 0 Å². The minimum absolute atomic E-state index is 0.0325. The molecule has 11 heteroatoms. The summed E-state index contributed by atoms with van der Waals surface area (Å²) in [6, 6.07) is 4.33. The molecule has 192 valence electrons. The first-order valence-electron chi connectivity index (χ1n) is 12.0. The highest BCUT2D eigenvalue weighted by Crippen LogP contribution is 2.32. The van der Waals surface area contributed by atoms with Gasteiger partial charge in [-0.3, -0.25) is 9.52 Å². The van der Waals surface area contributed by atoms with Gasteiger partial charge in [0.05, 0.1) is 24.5 Å². The number of aryl methyl sites for hydroxylation is 1. The molecule has 0 radical (unpaired) electrons. The Kier molecular flexibility index (Phi) is 7.39. The smallest absolute Gasteiger partial charge is 0.280 e. The van der Waals surface area contributed by atoms with Crippen LogP contribution in [0, 0.1) is 11.8 Å². The number of imidazole rings is 1. The van der Waals surface area contributed by atoms with Crippen LogP contribution in [0.1, 0.15) is 37.0 Å². The minimum Gasteiger partial charge on any atom is -0.488 e. The van der Waals surface area contributed by atoms with Gasteiger partial charge in [-0.15, -0.1) is 0 Å². The Morgan fingerprint density at radius 3 is 2.69 bits per heavy atom. The average molecular weight is 506 g/mol. The fourth-order valence-corrected chi connectivity index (χ4v) is 5.39. The van der Waals surface area contributed by atoms with Gasteiger partial charge in [-0.25, -0.2) is 4.98 Å². The Hall–Kier alpha value is -2.63. The molecule has 1 aliphatic carbocycles. The number of benzene rings is 1. The number of likely N-dealkylation sites (N-methyl/N-ethyl adjacent to an activating group) is 1. The maximum absolute atomic E-state index is 13.5. The number of aliphatic hydroxyl groups excluding tert-OH is 1. The molecule has 4 rings (SSSR count). The summed E-state index contributed by atoms with van der Waals surface area (Å²) in [5.41, 5.74) is 0.493. The van der Waals surface area contributed by atoms with E-state index in [2.05, 4.69) is 28.6 Å². The summed E-state index contributed by atoms with van der Waals surface area (Å²) >= 11 is 0. The molecule has 35 heavy (non-hydrogen) atoms. The van der Waals surface area contributed by atoms with E-state index in [1.54, 1.807) is 35.6 Å². The monoisotopic (exact) mass is 505 g/mol. The van der Waals surface area contributed by atoms with Gasteiger partial charge < -0.3 is 24.2 Å². The van der Waals surface area contributed by atoms with Gasteiger partial charge in [-0.1, -0.05) is 6.92 Å². The number of hydrogen-bond donors (Lipinski definition) is 2. The zero-order valence-corrected chi connectivity index (χ0v) is 21.5. The highest BCUT2D eigenvalue weighted by molar-refractivity contribution is 7.92. The molecule has 1 aliphatic heterocycles. The predicted molar refractivity (Wildman–Crippen MR) is 132 cm³/mol. The maximum atomic E-state index is 13.5. The molecule has 2 heterocycles. The normalized spacial score (nSPS) is 21.8. The van der Waals surface area contributed by atoms with Crippen LogP contribution in [0.25, 0.3) is 0 Å². The largest absolute Gasteiger partial charge is 0.488 e. The molecule has 3 atom stereocenters. The molecule has 10 nitrogen and oxygen atoms in total. The number of carbonyl (C=O) groups excluding carboxylic acids is 1. The molecule has 1 aromatic carbocycles. The SMILES string of the molecule is C[C@H](CO)N1C[C@H](C)[C@H](CN(C)CC2CC2)Oc2ccc(NS(=O)(=O)c3cn(C)cn3)cc2C1=O. The first-order chi connectivity index (χ1) is 16.6. The Bertz CT molecular complexity index is 1160. The summed E-state index contributed by atoms with van der Waals surface area (Å²) in [5.74, 6) is 0.878. The zero-order chi connectivity index (χ0) is 25.3. The molecule has 1 amide bonds. The lowest BCUT2D eigenvalue weighted by Gasteiger charge is -2.38. The Morgan fingerprint density at radius 1 is 1.31 bits per heavy atom. The molecule has 0 bridgehead atoms. The van der Waals surface area contributed by atoms with Crippen molar-refractivity contribution >= 4 is 21.6 Å². The van der Waals surface area contributed by atoms with Crippen molar-refractivity contribution in [3.05, 3.63) is 36.3 Å². The van der Waals surface area contributed by atoms with Crippen LogP contribution in [0.2, 0.25) is 0 Å². The van der Waals surface area contributed by atoms with Crippen molar-refractivity contribution in [3.63, 3.8) is 0 Å². The summed E-state index contributed by atoms with van der Waals surface area (Å²) in [4.78, 5) is 21.4. The van der Waals surface area contributed by atoms with Crippen LogP contribution < -0.4 is 9.46 Å². The topological polar surface area (TPSA) is 117 Å². The predicted octanol–water partition coefficient (Wildman–Crippen LogP) is 1.78. The van der Waals surface area contributed by atoms with Gasteiger partial charge in [0.2, 0.25) is 0 Å². The van der Waals surface area contributed by atoms with Crippen LogP contribution in [-0.4, -0.2) is 84.2 Å². The van der Waals surface area contributed by atoms with E-state index in [1.165, 1.54) is 31.4 Å². The maximum Gasteiger partial charge on any atom is 0.280 e. The molecular formula is C24H35N5O5S. The Balaban J connectivity index is 1.64. The second kappa shape index (κ2) is 10.2. The zero-order valence-electron chi connectivity index (χ0n) is 20.7. The van der Waals surface area contributed by atoms with Crippen LogP contribution in [-0.2, 0) is 17.1 Å². The molecule has 1 saturated carbocycles. The Labute approximate surface area is 206 Å².